The van der Waals surface area contributed by atoms with Gasteiger partial charge in [0.05, 0.1) is 0 Å². The van der Waals surface area contributed by atoms with Crippen molar-refractivity contribution in [3.05, 3.63) is 45.6 Å². The van der Waals surface area contributed by atoms with Crippen LogP contribution in [0.3, 0.4) is 0 Å². The molecule has 0 saturated heterocycles. The zero-order valence-electron chi connectivity index (χ0n) is 8.17. The minimum absolute atomic E-state index is 0.815. The molecule has 0 bridgehead atoms. The van der Waals surface area contributed by atoms with Gasteiger partial charge in [-0.2, -0.15) is 9.61 Å². The van der Waals surface area contributed by atoms with E-state index in [0.717, 1.165) is 20.9 Å². The quantitative estimate of drug-likeness (QED) is 0.729. The topological polar surface area (TPSA) is 43.1 Å². The maximum Gasteiger partial charge on any atom is 0.234 e. The molecule has 80 valence electrons. The highest BCUT2D eigenvalue weighted by molar-refractivity contribution is 9.10. The highest BCUT2D eigenvalue weighted by atomic mass is 79.9. The molecule has 0 spiro atoms. The van der Waals surface area contributed by atoms with E-state index >= 15 is 0 Å². The second-order valence-corrected chi connectivity index (χ2v) is 5.22. The molecular weight excluding hydrogens is 288 g/mol. The molecule has 0 amide bonds. The van der Waals surface area contributed by atoms with Crippen LogP contribution in [-0.2, 0) is 6.42 Å². The van der Waals surface area contributed by atoms with Crippen molar-refractivity contribution in [1.82, 2.24) is 19.8 Å². The second kappa shape index (κ2) is 3.95. The van der Waals surface area contributed by atoms with E-state index in [1.807, 2.05) is 18.2 Å². The van der Waals surface area contributed by atoms with Gasteiger partial charge in [-0.15, -0.1) is 10.2 Å². The third kappa shape index (κ3) is 1.74. The first-order chi connectivity index (χ1) is 7.83. The van der Waals surface area contributed by atoms with Crippen LogP contribution in [0.2, 0.25) is 0 Å². The van der Waals surface area contributed by atoms with Crippen molar-refractivity contribution in [2.45, 2.75) is 6.42 Å². The van der Waals surface area contributed by atoms with Crippen molar-refractivity contribution in [2.75, 3.05) is 0 Å². The minimum Gasteiger partial charge on any atom is -0.190 e. The van der Waals surface area contributed by atoms with Gasteiger partial charge in [0.1, 0.15) is 11.3 Å². The Bertz CT molecular complexity index is 602. The van der Waals surface area contributed by atoms with Gasteiger partial charge in [-0.1, -0.05) is 45.5 Å². The first-order valence-electron chi connectivity index (χ1n) is 4.72. The highest BCUT2D eigenvalue weighted by Gasteiger charge is 2.07. The summed E-state index contributed by atoms with van der Waals surface area (Å²) in [6.07, 6.45) is 2.44. The van der Waals surface area contributed by atoms with Crippen LogP contribution in [0.25, 0.3) is 4.96 Å². The summed E-state index contributed by atoms with van der Waals surface area (Å²) in [4.78, 5) is 0.835. The van der Waals surface area contributed by atoms with Crippen LogP contribution in [0, 0.1) is 0 Å². The summed E-state index contributed by atoms with van der Waals surface area (Å²) in [6, 6.07) is 8.16. The normalized spacial score (nSPS) is 11.1. The lowest BCUT2D eigenvalue weighted by atomic mass is 10.2. The monoisotopic (exact) mass is 294 g/mol. The van der Waals surface area contributed by atoms with Crippen LogP contribution in [0.4, 0.5) is 0 Å². The van der Waals surface area contributed by atoms with Gasteiger partial charge < -0.3 is 0 Å². The fourth-order valence-corrected chi connectivity index (χ4v) is 2.74. The van der Waals surface area contributed by atoms with Gasteiger partial charge in [-0.05, 0) is 11.6 Å². The van der Waals surface area contributed by atoms with Crippen LogP contribution < -0.4 is 0 Å². The molecule has 3 rings (SSSR count). The Kier molecular flexibility index (Phi) is 2.45. The van der Waals surface area contributed by atoms with Crippen molar-refractivity contribution in [3.8, 4) is 0 Å². The van der Waals surface area contributed by atoms with Crippen LogP contribution in [-0.4, -0.2) is 19.8 Å². The molecular formula is C10H7BrN4S. The largest absolute Gasteiger partial charge is 0.234 e. The van der Waals surface area contributed by atoms with E-state index in [2.05, 4.69) is 37.3 Å². The van der Waals surface area contributed by atoms with E-state index in [9.17, 15) is 0 Å². The number of hydrogen-bond donors (Lipinski definition) is 0. The summed E-state index contributed by atoms with van der Waals surface area (Å²) >= 11 is 5.10. The maximum atomic E-state index is 4.40. The number of fused-ring (bicyclic) bond motifs is 1. The number of halogens is 1. The van der Waals surface area contributed by atoms with E-state index in [0.29, 0.717) is 0 Å². The Morgan fingerprint density at radius 1 is 1.31 bits per heavy atom. The Labute approximate surface area is 104 Å². The molecule has 0 aliphatic heterocycles. The molecule has 0 aliphatic carbocycles. The molecule has 0 N–H and O–H groups in total. The molecule has 2 aromatic heterocycles. The van der Waals surface area contributed by atoms with Crippen LogP contribution >= 0.6 is 27.3 Å². The second-order valence-electron chi connectivity index (χ2n) is 3.32. The fraction of sp³-hybridized carbons (Fsp3) is 0.100. The lowest BCUT2D eigenvalue weighted by Gasteiger charge is -1.99. The lowest BCUT2D eigenvalue weighted by Crippen LogP contribution is -1.90. The van der Waals surface area contributed by atoms with Crippen LogP contribution in [0.1, 0.15) is 10.6 Å². The first kappa shape index (κ1) is 9.92. The van der Waals surface area contributed by atoms with E-state index in [4.69, 9.17) is 0 Å². The Morgan fingerprint density at radius 2 is 2.19 bits per heavy atom. The first-order valence-corrected chi connectivity index (χ1v) is 6.33. The predicted octanol–water partition coefficient (Wildman–Crippen LogP) is 2.54. The predicted molar refractivity (Wildman–Crippen MR) is 65.6 cm³/mol. The van der Waals surface area contributed by atoms with Gasteiger partial charge in [-0.3, -0.25) is 0 Å². The van der Waals surface area contributed by atoms with Gasteiger partial charge in [0.15, 0.2) is 0 Å². The number of aromatic nitrogens is 4. The molecule has 6 heteroatoms. The molecule has 16 heavy (non-hydrogen) atoms. The third-order valence-electron chi connectivity index (χ3n) is 2.23. The molecule has 3 aromatic rings. The molecule has 0 fully saturated rings. The number of nitrogens with zero attached hydrogens (tertiary/aromatic N) is 4. The maximum absolute atomic E-state index is 4.40. The van der Waals surface area contributed by atoms with Gasteiger partial charge in [0.25, 0.3) is 0 Å². The van der Waals surface area contributed by atoms with Crippen LogP contribution in [0.15, 0.2) is 35.1 Å². The van der Waals surface area contributed by atoms with E-state index < -0.39 is 0 Å². The summed E-state index contributed by atoms with van der Waals surface area (Å²) in [5.74, 6) is 0. The average Bonchev–Trinajstić information content (AvgIpc) is 2.81. The number of benzene rings is 1. The van der Waals surface area contributed by atoms with E-state index in [-0.39, 0.29) is 0 Å². The molecule has 1 aromatic carbocycles. The molecule has 0 radical (unpaired) electrons. The van der Waals surface area contributed by atoms with E-state index in [1.165, 1.54) is 5.56 Å². The molecule has 0 aliphatic rings. The summed E-state index contributed by atoms with van der Waals surface area (Å²) < 4.78 is 2.82. The number of hydrogen-bond acceptors (Lipinski definition) is 4. The molecule has 2 heterocycles. The van der Waals surface area contributed by atoms with Crippen molar-refractivity contribution in [3.63, 3.8) is 0 Å². The molecule has 0 saturated carbocycles. The zero-order valence-corrected chi connectivity index (χ0v) is 10.6. The summed E-state index contributed by atoms with van der Waals surface area (Å²) in [6.45, 7) is 0. The highest BCUT2D eigenvalue weighted by Crippen LogP contribution is 2.21. The number of rotatable bonds is 2. The average molecular weight is 295 g/mol. The Hall–Kier alpha value is -1.27. The van der Waals surface area contributed by atoms with E-state index in [1.54, 1.807) is 22.2 Å². The molecule has 4 nitrogen and oxygen atoms in total. The minimum atomic E-state index is 0.815. The fourth-order valence-electron chi connectivity index (χ4n) is 1.48. The summed E-state index contributed by atoms with van der Waals surface area (Å²) in [5.41, 5.74) is 1.23. The van der Waals surface area contributed by atoms with Crippen molar-refractivity contribution in [2.24, 2.45) is 0 Å². The van der Waals surface area contributed by atoms with Crippen molar-refractivity contribution >= 4 is 32.2 Å². The van der Waals surface area contributed by atoms with Crippen molar-refractivity contribution < 1.29 is 0 Å². The third-order valence-corrected chi connectivity index (χ3v) is 3.91. The van der Waals surface area contributed by atoms with Crippen LogP contribution in [0.5, 0.6) is 0 Å². The summed E-state index contributed by atoms with van der Waals surface area (Å²) in [5, 5.41) is 13.2. The van der Waals surface area contributed by atoms with Crippen molar-refractivity contribution in [1.29, 1.82) is 0 Å². The standard InChI is InChI=1S/C10H7BrN4S/c11-8-4-2-1-3-7(8)5-9-14-15-6-12-13-10(15)16-9/h1-4,6H,5H2. The Balaban J connectivity index is 1.95. The van der Waals surface area contributed by atoms with Gasteiger partial charge in [-0.25, -0.2) is 0 Å². The Morgan fingerprint density at radius 3 is 3.00 bits per heavy atom. The van der Waals surface area contributed by atoms with Gasteiger partial charge in [0.2, 0.25) is 4.96 Å². The molecule has 0 atom stereocenters. The zero-order chi connectivity index (χ0) is 11.0. The van der Waals surface area contributed by atoms with Gasteiger partial charge >= 0.3 is 0 Å². The SMILES string of the molecule is Brc1ccccc1Cc1nn2cnnc2s1. The van der Waals surface area contributed by atoms with Gasteiger partial charge in [0, 0.05) is 10.9 Å². The molecule has 0 unspecified atom stereocenters. The summed E-state index contributed by atoms with van der Waals surface area (Å²) in [7, 11) is 0. The lowest BCUT2D eigenvalue weighted by molar-refractivity contribution is 0.908. The smallest absolute Gasteiger partial charge is 0.190 e.